The highest BCUT2D eigenvalue weighted by Gasteiger charge is 2.54. The summed E-state index contributed by atoms with van der Waals surface area (Å²) in [4.78, 5) is 25.5. The lowest BCUT2D eigenvalue weighted by molar-refractivity contribution is -0.209. The normalized spacial score (nSPS) is 33.9. The molecule has 0 radical (unpaired) electrons. The number of hydrogen-bond donors (Lipinski definition) is 0. The third-order valence-electron chi connectivity index (χ3n) is 2.98. The van der Waals surface area contributed by atoms with Gasteiger partial charge in [0.15, 0.2) is 18.5 Å². The molecule has 0 aromatic rings. The number of alkyl halides is 2. The summed E-state index contributed by atoms with van der Waals surface area (Å²) in [6, 6.07) is -0.992. The fraction of sp³-hybridized carbons (Fsp3) is 0.800. The maximum Gasteiger partial charge on any atom is 0.321 e. The minimum atomic E-state index is -1.05. The van der Waals surface area contributed by atoms with Gasteiger partial charge in [-0.15, -0.1) is 23.2 Å². The third-order valence-corrected chi connectivity index (χ3v) is 3.41. The molecule has 5 atom stereocenters. The molecule has 2 saturated heterocycles. The summed E-state index contributed by atoms with van der Waals surface area (Å²) < 4.78 is 21.0. The first-order chi connectivity index (χ1) is 10.1. The van der Waals surface area contributed by atoms with E-state index >= 15 is 0 Å². The molecule has 2 fully saturated rings. The maximum absolute atomic E-state index is 11.4. The Morgan fingerprint density at radius 2 is 1.86 bits per heavy atom. The molecule has 0 aliphatic carbocycles. The van der Waals surface area contributed by atoms with E-state index in [9.17, 15) is 9.59 Å². The van der Waals surface area contributed by atoms with E-state index in [2.05, 4.69) is 10.0 Å². The van der Waals surface area contributed by atoms with Crippen molar-refractivity contribution in [2.45, 2.75) is 30.6 Å². The van der Waals surface area contributed by atoms with E-state index in [0.717, 1.165) is 0 Å². The molecule has 2 aliphatic rings. The van der Waals surface area contributed by atoms with Gasteiger partial charge in [0.1, 0.15) is 23.9 Å². The molecule has 0 spiro atoms. The van der Waals surface area contributed by atoms with Gasteiger partial charge >= 0.3 is 11.9 Å². The van der Waals surface area contributed by atoms with Gasteiger partial charge in [0, 0.05) is 4.91 Å². The number of hydrogen-bond acceptors (Lipinski definition) is 7. The molecule has 2 heterocycles. The van der Waals surface area contributed by atoms with Crippen molar-refractivity contribution >= 4 is 35.1 Å². The molecule has 11 heteroatoms. The van der Waals surface area contributed by atoms with Crippen molar-refractivity contribution in [1.82, 2.24) is 0 Å². The van der Waals surface area contributed by atoms with Crippen LogP contribution >= 0.6 is 23.2 Å². The van der Waals surface area contributed by atoms with Crippen LogP contribution in [0.1, 0.15) is 0 Å². The quantitative estimate of drug-likeness (QED) is 0.239. The highest BCUT2D eigenvalue weighted by molar-refractivity contribution is 6.26. The van der Waals surface area contributed by atoms with Crippen LogP contribution in [0, 0.1) is 0 Å². The van der Waals surface area contributed by atoms with Gasteiger partial charge in [-0.05, 0) is 5.53 Å². The first kappa shape index (κ1) is 16.1. The molecule has 0 saturated carbocycles. The van der Waals surface area contributed by atoms with Crippen LogP contribution in [-0.4, -0.2) is 60.9 Å². The third kappa shape index (κ3) is 3.50. The molecule has 116 valence electrons. The van der Waals surface area contributed by atoms with Crippen molar-refractivity contribution in [2.24, 2.45) is 5.11 Å². The summed E-state index contributed by atoms with van der Waals surface area (Å²) in [5, 5.41) is 3.50. The summed E-state index contributed by atoms with van der Waals surface area (Å²) in [5.41, 5.74) is 8.62. The van der Waals surface area contributed by atoms with Gasteiger partial charge in [-0.3, -0.25) is 9.59 Å². The maximum atomic E-state index is 11.4. The molecular weight excluding hydrogens is 329 g/mol. The first-order valence-electron chi connectivity index (χ1n) is 5.93. The number of azide groups is 1. The SMILES string of the molecule is [N-]=[N+]=N[C@H]1[C@@H]2OC[C@@H](O2)[C@@H](OC(=O)CCl)[C@@H]1OC(=O)CCl. The zero-order valence-electron chi connectivity index (χ0n) is 10.6. The van der Waals surface area contributed by atoms with Crippen LogP contribution in [0.5, 0.6) is 0 Å². The van der Waals surface area contributed by atoms with E-state index in [4.69, 9.17) is 47.7 Å². The number of esters is 2. The number of nitrogens with zero attached hydrogens (tertiary/aromatic N) is 3. The number of fused-ring (bicyclic) bond motifs is 2. The second kappa shape index (κ2) is 7.15. The number of rotatable bonds is 5. The predicted octanol–water partition coefficient (Wildman–Crippen LogP) is 0.722. The molecule has 21 heavy (non-hydrogen) atoms. The van der Waals surface area contributed by atoms with Crippen molar-refractivity contribution in [3.8, 4) is 0 Å². The number of ether oxygens (including phenoxy) is 4. The first-order valence-corrected chi connectivity index (χ1v) is 6.99. The summed E-state index contributed by atoms with van der Waals surface area (Å²) in [5.74, 6) is -2.24. The molecule has 2 bridgehead atoms. The average molecular weight is 340 g/mol. The van der Waals surface area contributed by atoms with E-state index in [1.807, 2.05) is 0 Å². The average Bonchev–Trinajstić information content (AvgIpc) is 2.92. The fourth-order valence-corrected chi connectivity index (χ4v) is 2.30. The molecule has 2 rings (SSSR count). The van der Waals surface area contributed by atoms with Crippen LogP contribution in [0.25, 0.3) is 10.4 Å². The minimum absolute atomic E-state index is 0.108. The zero-order chi connectivity index (χ0) is 15.4. The van der Waals surface area contributed by atoms with Crippen LogP contribution in [0.2, 0.25) is 0 Å². The Kier molecular flexibility index (Phi) is 5.49. The van der Waals surface area contributed by atoms with Crippen molar-refractivity contribution in [3.05, 3.63) is 10.4 Å². The van der Waals surface area contributed by atoms with E-state index in [-0.39, 0.29) is 12.5 Å². The Balaban J connectivity index is 2.25. The topological polar surface area (TPSA) is 120 Å². The lowest BCUT2D eigenvalue weighted by Gasteiger charge is -2.37. The Hall–Kier alpha value is -1.25. The number of carbonyl (C=O) groups is 2. The van der Waals surface area contributed by atoms with Gasteiger partial charge in [-0.25, -0.2) is 0 Å². The molecule has 0 aromatic carbocycles. The van der Waals surface area contributed by atoms with E-state index in [0.29, 0.717) is 0 Å². The molecule has 0 amide bonds. The second-order valence-corrected chi connectivity index (χ2v) is 4.78. The monoisotopic (exact) mass is 339 g/mol. The molecule has 2 aliphatic heterocycles. The van der Waals surface area contributed by atoms with Crippen molar-refractivity contribution < 1.29 is 28.5 Å². The highest BCUT2D eigenvalue weighted by Crippen LogP contribution is 2.34. The fourth-order valence-electron chi connectivity index (χ4n) is 2.18. The molecular formula is C10H11Cl2N3O6. The molecule has 0 aromatic heterocycles. The molecule has 9 nitrogen and oxygen atoms in total. The van der Waals surface area contributed by atoms with Gasteiger partial charge in [0.2, 0.25) is 0 Å². The Labute approximate surface area is 129 Å². The van der Waals surface area contributed by atoms with Crippen LogP contribution in [-0.2, 0) is 28.5 Å². The van der Waals surface area contributed by atoms with Gasteiger partial charge in [0.05, 0.1) is 6.61 Å². The van der Waals surface area contributed by atoms with Crippen LogP contribution in [0.4, 0.5) is 0 Å². The Morgan fingerprint density at radius 3 is 2.43 bits per heavy atom. The largest absolute Gasteiger partial charge is 0.457 e. The van der Waals surface area contributed by atoms with Crippen LogP contribution < -0.4 is 0 Å². The van der Waals surface area contributed by atoms with Crippen molar-refractivity contribution in [3.63, 3.8) is 0 Å². The standard InChI is InChI=1S/C10H11Cl2N3O6/c11-1-5(16)20-8-4-3-18-10(19-4)7(14-15-13)9(8)21-6(17)2-12/h4,7-10H,1-3H2/t4-,7-,8-,9-,10-/m1/s1. The molecule has 0 unspecified atom stereocenters. The lowest BCUT2D eigenvalue weighted by atomic mass is 9.99. The minimum Gasteiger partial charge on any atom is -0.457 e. The summed E-state index contributed by atoms with van der Waals surface area (Å²) in [6.07, 6.45) is -3.55. The van der Waals surface area contributed by atoms with Crippen molar-refractivity contribution in [2.75, 3.05) is 18.4 Å². The lowest BCUT2D eigenvalue weighted by Crippen LogP contribution is -2.56. The number of carbonyl (C=O) groups excluding carboxylic acids is 2. The van der Waals surface area contributed by atoms with Gasteiger partial charge in [-0.2, -0.15) is 0 Å². The van der Waals surface area contributed by atoms with Crippen LogP contribution in [0.15, 0.2) is 5.11 Å². The highest BCUT2D eigenvalue weighted by atomic mass is 35.5. The Morgan fingerprint density at radius 1 is 1.24 bits per heavy atom. The second-order valence-electron chi connectivity index (χ2n) is 4.25. The van der Waals surface area contributed by atoms with Gasteiger partial charge in [0.25, 0.3) is 0 Å². The zero-order valence-corrected chi connectivity index (χ0v) is 12.1. The summed E-state index contributed by atoms with van der Waals surface area (Å²) >= 11 is 10.8. The van der Waals surface area contributed by atoms with Gasteiger partial charge < -0.3 is 18.9 Å². The van der Waals surface area contributed by atoms with Crippen molar-refractivity contribution in [1.29, 1.82) is 0 Å². The van der Waals surface area contributed by atoms with E-state index in [1.54, 1.807) is 0 Å². The predicted molar refractivity (Wildman–Crippen MR) is 68.7 cm³/mol. The Bertz CT molecular complexity index is 472. The summed E-state index contributed by atoms with van der Waals surface area (Å²) in [6.45, 7) is 0.108. The van der Waals surface area contributed by atoms with Gasteiger partial charge in [-0.1, -0.05) is 5.11 Å². The van der Waals surface area contributed by atoms with E-state index in [1.165, 1.54) is 0 Å². The van der Waals surface area contributed by atoms with E-state index < -0.39 is 48.5 Å². The van der Waals surface area contributed by atoms with Crippen LogP contribution in [0.3, 0.4) is 0 Å². The molecule has 0 N–H and O–H groups in total. The smallest absolute Gasteiger partial charge is 0.321 e. The summed E-state index contributed by atoms with van der Waals surface area (Å²) in [7, 11) is 0. The number of halogens is 2.